The first kappa shape index (κ1) is 17.7. The lowest BCUT2D eigenvalue weighted by Gasteiger charge is -2.43. The minimum Gasteiger partial charge on any atom is -0.312 e. The summed E-state index contributed by atoms with van der Waals surface area (Å²) in [6.45, 7) is 6.95. The number of rotatable bonds is 8. The van der Waals surface area contributed by atoms with E-state index in [4.69, 9.17) is 0 Å². The number of hydrogen-bond acceptors (Lipinski definition) is 2. The van der Waals surface area contributed by atoms with Gasteiger partial charge < -0.3 is 10.2 Å². The van der Waals surface area contributed by atoms with Gasteiger partial charge in [0.1, 0.15) is 0 Å². The zero-order chi connectivity index (χ0) is 14.4. The quantitative estimate of drug-likeness (QED) is 0.725. The van der Waals surface area contributed by atoms with E-state index in [0.717, 1.165) is 13.0 Å². The van der Waals surface area contributed by atoms with E-state index in [1.807, 2.05) is 21.0 Å². The summed E-state index contributed by atoms with van der Waals surface area (Å²) in [5.74, 6) is 0. The van der Waals surface area contributed by atoms with Gasteiger partial charge in [-0.3, -0.25) is 0 Å². The molecule has 2 atom stereocenters. The molecule has 2 unspecified atom stereocenters. The lowest BCUT2D eigenvalue weighted by Crippen LogP contribution is -2.56. The van der Waals surface area contributed by atoms with Crippen molar-refractivity contribution in [2.24, 2.45) is 0 Å². The van der Waals surface area contributed by atoms with Crippen LogP contribution in [0.3, 0.4) is 0 Å². The summed E-state index contributed by atoms with van der Waals surface area (Å²) in [6, 6.07) is 0.0878. The van der Waals surface area contributed by atoms with Crippen molar-refractivity contribution in [1.82, 2.24) is 10.2 Å². The number of alkyl halides is 3. The first-order valence-electron chi connectivity index (χ1n) is 6.65. The molecule has 0 aromatic heterocycles. The number of nitrogens with zero attached hydrogens (tertiary/aromatic N) is 1. The van der Waals surface area contributed by atoms with Crippen molar-refractivity contribution in [2.75, 3.05) is 20.6 Å². The summed E-state index contributed by atoms with van der Waals surface area (Å²) < 4.78 is 36.6. The fourth-order valence-electron chi connectivity index (χ4n) is 2.26. The Balaban J connectivity index is 4.54. The van der Waals surface area contributed by atoms with E-state index in [0.29, 0.717) is 6.42 Å². The largest absolute Gasteiger partial charge is 0.389 e. The second kappa shape index (κ2) is 7.34. The van der Waals surface area contributed by atoms with Gasteiger partial charge in [-0.2, -0.15) is 13.2 Å². The molecule has 0 spiro atoms. The van der Waals surface area contributed by atoms with Crippen molar-refractivity contribution in [3.63, 3.8) is 0 Å². The normalized spacial score (nSPS) is 17.8. The van der Waals surface area contributed by atoms with E-state index >= 15 is 0 Å². The van der Waals surface area contributed by atoms with Crippen LogP contribution < -0.4 is 5.32 Å². The minimum absolute atomic E-state index is 0.0878. The van der Waals surface area contributed by atoms with Crippen LogP contribution >= 0.6 is 0 Å². The molecule has 0 rings (SSSR count). The van der Waals surface area contributed by atoms with Crippen molar-refractivity contribution in [3.05, 3.63) is 0 Å². The number of nitrogens with one attached hydrogen (secondary N) is 1. The Kier molecular flexibility index (Phi) is 7.22. The van der Waals surface area contributed by atoms with Crippen molar-refractivity contribution in [1.29, 1.82) is 0 Å². The second-order valence-corrected chi connectivity index (χ2v) is 5.22. The Hall–Kier alpha value is -0.290. The van der Waals surface area contributed by atoms with E-state index < -0.39 is 12.6 Å². The lowest BCUT2D eigenvalue weighted by atomic mass is 9.84. The predicted octanol–water partition coefficient (Wildman–Crippen LogP) is 3.43. The van der Waals surface area contributed by atoms with E-state index in [2.05, 4.69) is 24.1 Å². The molecule has 0 bridgehead atoms. The molecule has 0 aliphatic heterocycles. The molecule has 0 heterocycles. The van der Waals surface area contributed by atoms with Gasteiger partial charge in [0.05, 0.1) is 0 Å². The molecule has 0 radical (unpaired) electrons. The lowest BCUT2D eigenvalue weighted by molar-refractivity contribution is -0.136. The first-order chi connectivity index (χ1) is 8.17. The van der Waals surface area contributed by atoms with Crippen molar-refractivity contribution in [2.45, 2.75) is 64.2 Å². The molecule has 18 heavy (non-hydrogen) atoms. The molecular formula is C13H27F3N2. The summed E-state index contributed by atoms with van der Waals surface area (Å²) in [5.41, 5.74) is -0.110. The van der Waals surface area contributed by atoms with Crippen molar-refractivity contribution < 1.29 is 13.2 Å². The first-order valence-corrected chi connectivity index (χ1v) is 6.65. The summed E-state index contributed by atoms with van der Waals surface area (Å²) in [6.07, 6.45) is -3.09. The number of likely N-dealkylation sites (N-methyl/N-ethyl adjacent to an activating group) is 2. The van der Waals surface area contributed by atoms with Crippen LogP contribution in [0.25, 0.3) is 0 Å². The molecule has 0 fully saturated rings. The van der Waals surface area contributed by atoms with Crippen LogP contribution in [-0.2, 0) is 0 Å². The smallest absolute Gasteiger partial charge is 0.312 e. The van der Waals surface area contributed by atoms with Crippen LogP contribution in [0.4, 0.5) is 13.2 Å². The van der Waals surface area contributed by atoms with Gasteiger partial charge in [-0.1, -0.05) is 13.8 Å². The van der Waals surface area contributed by atoms with Crippen molar-refractivity contribution in [3.8, 4) is 0 Å². The summed E-state index contributed by atoms with van der Waals surface area (Å²) in [5, 5.41) is 3.33. The number of hydrogen-bond donors (Lipinski definition) is 1. The molecule has 5 heteroatoms. The van der Waals surface area contributed by atoms with E-state index in [1.54, 1.807) is 0 Å². The molecule has 2 nitrogen and oxygen atoms in total. The third-order valence-electron chi connectivity index (χ3n) is 3.89. The van der Waals surface area contributed by atoms with Gasteiger partial charge in [0.15, 0.2) is 0 Å². The summed E-state index contributed by atoms with van der Waals surface area (Å²) in [7, 11) is 3.97. The maximum Gasteiger partial charge on any atom is 0.389 e. The highest BCUT2D eigenvalue weighted by molar-refractivity contribution is 4.94. The second-order valence-electron chi connectivity index (χ2n) is 5.22. The Labute approximate surface area is 109 Å². The molecule has 0 saturated carbocycles. The fourth-order valence-corrected chi connectivity index (χ4v) is 2.26. The minimum atomic E-state index is -4.04. The van der Waals surface area contributed by atoms with Crippen molar-refractivity contribution >= 4 is 0 Å². The van der Waals surface area contributed by atoms with Gasteiger partial charge in [-0.25, -0.2) is 0 Å². The average molecular weight is 268 g/mol. The van der Waals surface area contributed by atoms with Gasteiger partial charge in [0.25, 0.3) is 0 Å². The Morgan fingerprint density at radius 3 is 2.06 bits per heavy atom. The molecule has 0 aliphatic rings. The standard InChI is InChI=1S/C13H27F3N2/c1-6-12(3,18(4)5)11(17-7-2)9-8-10-13(14,15)16/h11,17H,6-10H2,1-5H3. The van der Waals surface area contributed by atoms with Gasteiger partial charge in [0.2, 0.25) is 0 Å². The summed E-state index contributed by atoms with van der Waals surface area (Å²) in [4.78, 5) is 2.11. The third-order valence-corrected chi connectivity index (χ3v) is 3.89. The van der Waals surface area contributed by atoms with Crippen LogP contribution in [0.15, 0.2) is 0 Å². The van der Waals surface area contributed by atoms with Gasteiger partial charge in [-0.15, -0.1) is 0 Å². The molecule has 0 aromatic rings. The average Bonchev–Trinajstić information content (AvgIpc) is 2.25. The van der Waals surface area contributed by atoms with Gasteiger partial charge in [-0.05, 0) is 46.8 Å². The molecule has 0 amide bonds. The highest BCUT2D eigenvalue weighted by Gasteiger charge is 2.35. The molecule has 110 valence electrons. The predicted molar refractivity (Wildman–Crippen MR) is 69.8 cm³/mol. The van der Waals surface area contributed by atoms with Crippen LogP contribution in [0.2, 0.25) is 0 Å². The highest BCUT2D eigenvalue weighted by atomic mass is 19.4. The Morgan fingerprint density at radius 1 is 1.17 bits per heavy atom. The zero-order valence-electron chi connectivity index (χ0n) is 12.2. The van der Waals surface area contributed by atoms with Gasteiger partial charge >= 0.3 is 6.18 Å². The van der Waals surface area contributed by atoms with Crippen LogP contribution in [-0.4, -0.2) is 43.3 Å². The molecule has 1 N–H and O–H groups in total. The molecular weight excluding hydrogens is 241 g/mol. The van der Waals surface area contributed by atoms with E-state index in [1.165, 1.54) is 0 Å². The fraction of sp³-hybridized carbons (Fsp3) is 1.00. The van der Waals surface area contributed by atoms with Crippen LogP contribution in [0, 0.1) is 0 Å². The number of halogens is 3. The maximum atomic E-state index is 12.2. The summed E-state index contributed by atoms with van der Waals surface area (Å²) >= 11 is 0. The van der Waals surface area contributed by atoms with Crippen LogP contribution in [0.1, 0.15) is 46.5 Å². The maximum absolute atomic E-state index is 12.2. The monoisotopic (exact) mass is 268 g/mol. The SMILES string of the molecule is CCNC(CCCC(F)(F)F)C(C)(CC)N(C)C. The Morgan fingerprint density at radius 2 is 1.72 bits per heavy atom. The topological polar surface area (TPSA) is 15.3 Å². The molecule has 0 saturated heterocycles. The van der Waals surface area contributed by atoms with Crippen LogP contribution in [0.5, 0.6) is 0 Å². The molecule has 0 aliphatic carbocycles. The Bertz CT molecular complexity index is 229. The zero-order valence-corrected chi connectivity index (χ0v) is 12.2. The van der Waals surface area contributed by atoms with E-state index in [9.17, 15) is 13.2 Å². The molecule has 0 aromatic carbocycles. The highest BCUT2D eigenvalue weighted by Crippen LogP contribution is 2.28. The third kappa shape index (κ3) is 5.57. The van der Waals surface area contributed by atoms with Gasteiger partial charge in [0, 0.05) is 18.0 Å². The van der Waals surface area contributed by atoms with E-state index in [-0.39, 0.29) is 18.0 Å².